The van der Waals surface area contributed by atoms with E-state index >= 15 is 0 Å². The van der Waals surface area contributed by atoms with Gasteiger partial charge in [0.25, 0.3) is 0 Å². The van der Waals surface area contributed by atoms with E-state index in [-0.39, 0.29) is 0 Å². The van der Waals surface area contributed by atoms with Gasteiger partial charge in [0.1, 0.15) is 0 Å². The number of likely N-dealkylation sites (N-methyl/N-ethyl adjacent to an activating group) is 1. The molecule has 0 spiro atoms. The van der Waals surface area contributed by atoms with Gasteiger partial charge in [0, 0.05) is 37.6 Å². The zero-order chi connectivity index (χ0) is 13.8. The Balaban J connectivity index is 1.80. The lowest BCUT2D eigenvalue weighted by Crippen LogP contribution is -2.20. The summed E-state index contributed by atoms with van der Waals surface area (Å²) >= 11 is 0. The number of pyridine rings is 2. The van der Waals surface area contributed by atoms with Gasteiger partial charge >= 0.3 is 0 Å². The summed E-state index contributed by atoms with van der Waals surface area (Å²) in [6, 6.07) is 14.5. The maximum absolute atomic E-state index is 4.51. The van der Waals surface area contributed by atoms with E-state index in [4.69, 9.17) is 0 Å². The maximum atomic E-state index is 4.51. The molecule has 0 amide bonds. The molecule has 0 saturated carbocycles. The summed E-state index contributed by atoms with van der Waals surface area (Å²) in [5.74, 6) is 0. The molecule has 0 radical (unpaired) electrons. The average molecular weight is 263 g/mol. The highest BCUT2D eigenvalue weighted by atomic mass is 15.1. The summed E-state index contributed by atoms with van der Waals surface area (Å²) in [4.78, 5) is 10.8. The third kappa shape index (κ3) is 2.62. The Labute approximate surface area is 118 Å². The van der Waals surface area contributed by atoms with Crippen molar-refractivity contribution in [2.75, 3.05) is 18.5 Å². The van der Waals surface area contributed by atoms with Crippen LogP contribution in [0.25, 0.3) is 10.9 Å². The number of aromatic nitrogens is 2. The van der Waals surface area contributed by atoms with E-state index < -0.39 is 0 Å². The smallest absolute Gasteiger partial charge is 0.0935 e. The van der Waals surface area contributed by atoms with E-state index in [9.17, 15) is 0 Å². The highest BCUT2D eigenvalue weighted by molar-refractivity contribution is 5.90. The van der Waals surface area contributed by atoms with Crippen LogP contribution in [0.3, 0.4) is 0 Å². The molecule has 0 atom stereocenters. The summed E-state index contributed by atoms with van der Waals surface area (Å²) < 4.78 is 0. The van der Waals surface area contributed by atoms with Gasteiger partial charge in [-0.2, -0.15) is 0 Å². The van der Waals surface area contributed by atoms with Crippen LogP contribution in [0.1, 0.15) is 5.56 Å². The molecule has 1 aromatic carbocycles. The molecule has 0 fully saturated rings. The molecular weight excluding hydrogens is 246 g/mol. The monoisotopic (exact) mass is 263 g/mol. The van der Waals surface area contributed by atoms with Gasteiger partial charge in [0.05, 0.1) is 11.2 Å². The minimum atomic E-state index is 0.958. The van der Waals surface area contributed by atoms with Crippen LogP contribution in [-0.4, -0.2) is 23.6 Å². The van der Waals surface area contributed by atoms with Gasteiger partial charge in [-0.25, -0.2) is 0 Å². The van der Waals surface area contributed by atoms with E-state index in [0.29, 0.717) is 0 Å². The van der Waals surface area contributed by atoms with Crippen molar-refractivity contribution in [2.24, 2.45) is 0 Å². The zero-order valence-electron chi connectivity index (χ0n) is 11.5. The van der Waals surface area contributed by atoms with E-state index in [0.717, 1.165) is 18.5 Å². The van der Waals surface area contributed by atoms with Crippen molar-refractivity contribution < 1.29 is 0 Å². The number of hydrogen-bond acceptors (Lipinski definition) is 3. The van der Waals surface area contributed by atoms with Crippen LogP contribution in [0.4, 0.5) is 5.69 Å². The molecule has 0 aliphatic heterocycles. The van der Waals surface area contributed by atoms with E-state index in [2.05, 4.69) is 58.3 Å². The van der Waals surface area contributed by atoms with Crippen molar-refractivity contribution in [3.8, 4) is 0 Å². The highest BCUT2D eigenvalue weighted by Gasteiger charge is 2.06. The molecule has 0 aliphatic rings. The van der Waals surface area contributed by atoms with Crippen molar-refractivity contribution in [1.29, 1.82) is 0 Å². The summed E-state index contributed by atoms with van der Waals surface area (Å²) in [6.45, 7) is 0.958. The second kappa shape index (κ2) is 5.70. The Morgan fingerprint density at radius 1 is 0.950 bits per heavy atom. The molecule has 3 heteroatoms. The quantitative estimate of drug-likeness (QED) is 0.723. The molecule has 0 unspecified atom stereocenters. The molecule has 20 heavy (non-hydrogen) atoms. The fourth-order valence-corrected chi connectivity index (χ4v) is 2.36. The molecule has 0 saturated heterocycles. The second-order valence-corrected chi connectivity index (χ2v) is 4.88. The number of rotatable bonds is 4. The molecule has 2 heterocycles. The average Bonchev–Trinajstić information content (AvgIpc) is 2.53. The summed E-state index contributed by atoms with van der Waals surface area (Å²) in [6.07, 6.45) is 6.54. The molecule has 3 aromatic rings. The highest BCUT2D eigenvalue weighted by Crippen LogP contribution is 2.23. The molecule has 0 bridgehead atoms. The van der Waals surface area contributed by atoms with Gasteiger partial charge in [-0.15, -0.1) is 0 Å². The minimum absolute atomic E-state index is 0.958. The Morgan fingerprint density at radius 3 is 2.60 bits per heavy atom. The van der Waals surface area contributed by atoms with Gasteiger partial charge in [-0.1, -0.05) is 18.2 Å². The molecule has 100 valence electrons. The molecule has 2 aromatic heterocycles. The Morgan fingerprint density at radius 2 is 1.75 bits per heavy atom. The number of para-hydroxylation sites is 1. The zero-order valence-corrected chi connectivity index (χ0v) is 11.5. The standard InChI is InChI=1S/C17H17N3/c1-20(13-9-14-7-11-18-12-8-14)16-6-2-4-15-5-3-10-19-17(15)16/h2-8,10-12H,9,13H2,1H3. The number of fused-ring (bicyclic) bond motifs is 1. The summed E-state index contributed by atoms with van der Waals surface area (Å²) in [5, 5.41) is 1.18. The predicted octanol–water partition coefficient (Wildman–Crippen LogP) is 3.31. The van der Waals surface area contributed by atoms with Crippen LogP contribution in [0.5, 0.6) is 0 Å². The third-order valence-electron chi connectivity index (χ3n) is 3.51. The van der Waals surface area contributed by atoms with Crippen LogP contribution in [0.15, 0.2) is 61.1 Å². The maximum Gasteiger partial charge on any atom is 0.0935 e. The summed E-state index contributed by atoms with van der Waals surface area (Å²) in [7, 11) is 2.12. The molecule has 0 N–H and O–H groups in total. The number of anilines is 1. The first-order valence-electron chi connectivity index (χ1n) is 6.78. The van der Waals surface area contributed by atoms with Gasteiger partial charge in [0.15, 0.2) is 0 Å². The number of benzene rings is 1. The predicted molar refractivity (Wildman–Crippen MR) is 83.0 cm³/mol. The lowest BCUT2D eigenvalue weighted by molar-refractivity contribution is 0.877. The molecular formula is C17H17N3. The van der Waals surface area contributed by atoms with Crippen molar-refractivity contribution >= 4 is 16.6 Å². The molecule has 3 nitrogen and oxygen atoms in total. The minimum Gasteiger partial charge on any atom is -0.373 e. The van der Waals surface area contributed by atoms with E-state index in [1.165, 1.54) is 16.6 Å². The Kier molecular flexibility index (Phi) is 3.59. The Bertz CT molecular complexity index is 689. The van der Waals surface area contributed by atoms with Gasteiger partial charge in [-0.05, 0) is 36.2 Å². The largest absolute Gasteiger partial charge is 0.373 e. The Hall–Kier alpha value is -2.42. The topological polar surface area (TPSA) is 29.0 Å². The van der Waals surface area contributed by atoms with Crippen molar-refractivity contribution in [3.63, 3.8) is 0 Å². The lowest BCUT2D eigenvalue weighted by atomic mass is 10.1. The molecule has 3 rings (SSSR count). The van der Waals surface area contributed by atoms with Crippen LogP contribution in [0.2, 0.25) is 0 Å². The van der Waals surface area contributed by atoms with Crippen LogP contribution in [-0.2, 0) is 6.42 Å². The fourth-order valence-electron chi connectivity index (χ4n) is 2.36. The van der Waals surface area contributed by atoms with Gasteiger partial charge in [-0.3, -0.25) is 9.97 Å². The van der Waals surface area contributed by atoms with Gasteiger partial charge < -0.3 is 4.90 Å². The van der Waals surface area contributed by atoms with Crippen LogP contribution < -0.4 is 4.90 Å². The van der Waals surface area contributed by atoms with Crippen molar-refractivity contribution in [1.82, 2.24) is 9.97 Å². The van der Waals surface area contributed by atoms with Crippen LogP contribution in [0, 0.1) is 0 Å². The third-order valence-corrected chi connectivity index (χ3v) is 3.51. The number of nitrogens with zero attached hydrogens (tertiary/aromatic N) is 3. The van der Waals surface area contributed by atoms with E-state index in [1.54, 1.807) is 0 Å². The molecule has 0 aliphatic carbocycles. The second-order valence-electron chi connectivity index (χ2n) is 4.88. The first-order valence-corrected chi connectivity index (χ1v) is 6.78. The fraction of sp³-hybridized carbons (Fsp3) is 0.176. The van der Waals surface area contributed by atoms with E-state index in [1.807, 2.05) is 24.7 Å². The number of hydrogen-bond donors (Lipinski definition) is 0. The van der Waals surface area contributed by atoms with Crippen molar-refractivity contribution in [3.05, 3.63) is 66.6 Å². The van der Waals surface area contributed by atoms with Gasteiger partial charge in [0.2, 0.25) is 0 Å². The first kappa shape index (κ1) is 12.6. The van der Waals surface area contributed by atoms with Crippen molar-refractivity contribution in [2.45, 2.75) is 6.42 Å². The summed E-state index contributed by atoms with van der Waals surface area (Å²) in [5.41, 5.74) is 3.55. The lowest BCUT2D eigenvalue weighted by Gasteiger charge is -2.20. The van der Waals surface area contributed by atoms with Crippen LogP contribution >= 0.6 is 0 Å². The normalized spacial score (nSPS) is 10.7. The first-order chi connectivity index (χ1) is 9.84. The SMILES string of the molecule is CN(CCc1ccncc1)c1cccc2cccnc12.